The van der Waals surface area contributed by atoms with Crippen LogP contribution >= 0.6 is 11.8 Å². The number of carbonyl (C=O) groups is 2. The van der Waals surface area contributed by atoms with Gasteiger partial charge in [-0.2, -0.15) is 0 Å². The molecule has 3 aliphatic rings. The molecule has 162 valence electrons. The Morgan fingerprint density at radius 3 is 2.67 bits per heavy atom. The summed E-state index contributed by atoms with van der Waals surface area (Å²) >= 11 is 1.72. The van der Waals surface area contributed by atoms with Gasteiger partial charge in [0.1, 0.15) is 6.54 Å². The van der Waals surface area contributed by atoms with Gasteiger partial charge in [0.2, 0.25) is 5.91 Å². The number of amides is 2. The average Bonchev–Trinajstić information content (AvgIpc) is 2.75. The summed E-state index contributed by atoms with van der Waals surface area (Å²) in [5.41, 5.74) is 1.04. The van der Waals surface area contributed by atoms with Gasteiger partial charge in [0.05, 0.1) is 4.91 Å². The van der Waals surface area contributed by atoms with Crippen LogP contribution in [0.4, 0.5) is 0 Å². The van der Waals surface area contributed by atoms with Crippen molar-refractivity contribution in [2.45, 2.75) is 76.1 Å². The molecule has 2 saturated carbocycles. The summed E-state index contributed by atoms with van der Waals surface area (Å²) in [4.78, 5) is 29.0. The number of nitrogens with one attached hydrogen (secondary N) is 1. The van der Waals surface area contributed by atoms with Gasteiger partial charge in [-0.15, -0.1) is 11.8 Å². The van der Waals surface area contributed by atoms with Crippen LogP contribution in [-0.2, 0) is 9.59 Å². The number of benzene rings is 1. The van der Waals surface area contributed by atoms with E-state index in [-0.39, 0.29) is 30.4 Å². The molecule has 0 spiro atoms. The third-order valence-electron chi connectivity index (χ3n) is 7.28. The largest absolute Gasteiger partial charge is 0.352 e. The van der Waals surface area contributed by atoms with Crippen molar-refractivity contribution in [1.82, 2.24) is 10.2 Å². The van der Waals surface area contributed by atoms with Gasteiger partial charge in [-0.3, -0.25) is 9.59 Å². The van der Waals surface area contributed by atoms with Gasteiger partial charge in [0, 0.05) is 17.3 Å². The Labute approximate surface area is 184 Å². The molecular weight excluding hydrogens is 392 g/mol. The molecule has 1 aromatic rings. The Hall–Kier alpha value is -1.75. The fraction of sp³-hybridized carbons (Fsp3) is 0.600. The standard InChI is InChI=1S/C25H34N2O2S/c1-17-9-8-12-20(18(17)2)26-24(28)16-27-21-13-6-7-14-22(21)30-23(25(27)29)15-19-10-4-3-5-11-19/h3-5,10-11,15,17-18,20-22H,6-9,12-14,16H2,1-2H3,(H,26,28)/b23-15-. The van der Waals surface area contributed by atoms with Gasteiger partial charge in [-0.1, -0.05) is 69.9 Å². The van der Waals surface area contributed by atoms with E-state index >= 15 is 0 Å². The molecule has 30 heavy (non-hydrogen) atoms. The Kier molecular flexibility index (Phi) is 6.87. The van der Waals surface area contributed by atoms with E-state index in [4.69, 9.17) is 0 Å². The fourth-order valence-corrected chi connectivity index (χ4v) is 6.73. The SMILES string of the molecule is CC1CCCC(NC(=O)CN2C(=O)/C(=C/c3ccccc3)SC3CCCCC32)C1C. The third kappa shape index (κ3) is 4.77. The molecule has 4 rings (SSSR count). The molecule has 2 amide bonds. The Morgan fingerprint density at radius 2 is 1.87 bits per heavy atom. The van der Waals surface area contributed by atoms with E-state index in [1.807, 2.05) is 41.3 Å². The van der Waals surface area contributed by atoms with Gasteiger partial charge in [-0.05, 0) is 42.7 Å². The van der Waals surface area contributed by atoms with Crippen LogP contribution in [-0.4, -0.2) is 40.6 Å². The molecule has 2 aliphatic carbocycles. The van der Waals surface area contributed by atoms with Crippen LogP contribution in [0.3, 0.4) is 0 Å². The smallest absolute Gasteiger partial charge is 0.261 e. The molecule has 3 fully saturated rings. The van der Waals surface area contributed by atoms with E-state index in [1.54, 1.807) is 11.8 Å². The molecule has 5 heteroatoms. The normalized spacial score (nSPS) is 33.3. The fourth-order valence-electron chi connectivity index (χ4n) is 5.26. The van der Waals surface area contributed by atoms with E-state index in [2.05, 4.69) is 19.2 Å². The molecule has 1 heterocycles. The van der Waals surface area contributed by atoms with Gasteiger partial charge < -0.3 is 10.2 Å². The maximum atomic E-state index is 13.4. The van der Waals surface area contributed by atoms with Crippen LogP contribution < -0.4 is 5.32 Å². The van der Waals surface area contributed by atoms with Crippen LogP contribution in [0.2, 0.25) is 0 Å². The predicted molar refractivity (Wildman–Crippen MR) is 124 cm³/mol. The lowest BCUT2D eigenvalue weighted by atomic mass is 9.78. The molecule has 4 nitrogen and oxygen atoms in total. The van der Waals surface area contributed by atoms with Crippen molar-refractivity contribution in [1.29, 1.82) is 0 Å². The van der Waals surface area contributed by atoms with Crippen LogP contribution in [0.1, 0.15) is 64.4 Å². The number of thioether (sulfide) groups is 1. The van der Waals surface area contributed by atoms with Crippen LogP contribution in [0.15, 0.2) is 35.2 Å². The molecule has 1 aliphatic heterocycles. The minimum atomic E-state index is 0.00424. The average molecular weight is 427 g/mol. The van der Waals surface area contributed by atoms with Crippen molar-refractivity contribution in [3.8, 4) is 0 Å². The number of hydrogen-bond donors (Lipinski definition) is 1. The molecular formula is C25H34N2O2S. The van der Waals surface area contributed by atoms with Crippen molar-refractivity contribution >= 4 is 29.7 Å². The molecule has 0 radical (unpaired) electrons. The highest BCUT2D eigenvalue weighted by Crippen LogP contribution is 2.42. The molecule has 1 aromatic carbocycles. The van der Waals surface area contributed by atoms with Gasteiger partial charge in [0.15, 0.2) is 0 Å². The first-order chi connectivity index (χ1) is 14.5. The third-order valence-corrected chi connectivity index (χ3v) is 8.68. The first-order valence-corrected chi connectivity index (χ1v) is 12.4. The minimum Gasteiger partial charge on any atom is -0.352 e. The Bertz CT molecular complexity index is 794. The van der Waals surface area contributed by atoms with E-state index < -0.39 is 0 Å². The van der Waals surface area contributed by atoms with Crippen LogP contribution in [0, 0.1) is 11.8 Å². The lowest BCUT2D eigenvalue weighted by Gasteiger charge is -2.44. The van der Waals surface area contributed by atoms with Crippen molar-refractivity contribution in [2.24, 2.45) is 11.8 Å². The van der Waals surface area contributed by atoms with Crippen LogP contribution in [0.5, 0.6) is 0 Å². The summed E-state index contributed by atoms with van der Waals surface area (Å²) in [6.07, 6.45) is 9.92. The van der Waals surface area contributed by atoms with Crippen LogP contribution in [0.25, 0.3) is 6.08 Å². The number of nitrogens with zero attached hydrogens (tertiary/aromatic N) is 1. The van der Waals surface area contributed by atoms with Gasteiger partial charge in [0.25, 0.3) is 5.91 Å². The zero-order valence-electron chi connectivity index (χ0n) is 18.2. The van der Waals surface area contributed by atoms with E-state index in [9.17, 15) is 9.59 Å². The Morgan fingerprint density at radius 1 is 1.10 bits per heavy atom. The molecule has 0 bridgehead atoms. The summed E-state index contributed by atoms with van der Waals surface area (Å²) in [5.74, 6) is 1.16. The number of carbonyl (C=O) groups excluding carboxylic acids is 2. The number of rotatable bonds is 4. The predicted octanol–water partition coefficient (Wildman–Crippen LogP) is 4.86. The maximum absolute atomic E-state index is 13.4. The topological polar surface area (TPSA) is 49.4 Å². The monoisotopic (exact) mass is 426 g/mol. The van der Waals surface area contributed by atoms with Crippen molar-refractivity contribution in [3.05, 3.63) is 40.8 Å². The zero-order valence-corrected chi connectivity index (χ0v) is 19.0. The summed E-state index contributed by atoms with van der Waals surface area (Å²) in [6.45, 7) is 4.71. The van der Waals surface area contributed by atoms with Crippen molar-refractivity contribution in [3.63, 3.8) is 0 Å². The second kappa shape index (κ2) is 9.59. The molecule has 1 saturated heterocycles. The molecule has 0 aromatic heterocycles. The lowest BCUT2D eigenvalue weighted by Crippen LogP contribution is -2.55. The minimum absolute atomic E-state index is 0.00424. The second-order valence-corrected chi connectivity index (χ2v) is 10.6. The zero-order chi connectivity index (χ0) is 21.1. The first-order valence-electron chi connectivity index (χ1n) is 11.6. The van der Waals surface area contributed by atoms with E-state index in [0.29, 0.717) is 17.1 Å². The number of hydrogen-bond acceptors (Lipinski definition) is 3. The first kappa shape index (κ1) is 21.5. The maximum Gasteiger partial charge on any atom is 0.261 e. The van der Waals surface area contributed by atoms with Gasteiger partial charge >= 0.3 is 0 Å². The molecule has 5 unspecified atom stereocenters. The molecule has 5 atom stereocenters. The van der Waals surface area contributed by atoms with E-state index in [0.717, 1.165) is 36.2 Å². The lowest BCUT2D eigenvalue weighted by molar-refractivity contribution is -0.136. The highest BCUT2D eigenvalue weighted by molar-refractivity contribution is 8.04. The summed E-state index contributed by atoms with van der Waals surface area (Å²) in [6, 6.07) is 10.4. The molecule has 1 N–H and O–H groups in total. The number of fused-ring (bicyclic) bond motifs is 1. The second-order valence-electron chi connectivity index (χ2n) is 9.30. The summed E-state index contributed by atoms with van der Waals surface area (Å²) < 4.78 is 0. The summed E-state index contributed by atoms with van der Waals surface area (Å²) in [5, 5.41) is 3.66. The quantitative estimate of drug-likeness (QED) is 0.700. The van der Waals surface area contributed by atoms with E-state index in [1.165, 1.54) is 19.3 Å². The highest BCUT2D eigenvalue weighted by Gasteiger charge is 2.41. The Balaban J connectivity index is 1.49. The van der Waals surface area contributed by atoms with Crippen molar-refractivity contribution < 1.29 is 9.59 Å². The summed E-state index contributed by atoms with van der Waals surface area (Å²) in [7, 11) is 0. The van der Waals surface area contributed by atoms with Crippen molar-refractivity contribution in [2.75, 3.05) is 6.54 Å². The van der Waals surface area contributed by atoms with Gasteiger partial charge in [-0.25, -0.2) is 0 Å². The highest BCUT2D eigenvalue weighted by atomic mass is 32.2.